The van der Waals surface area contributed by atoms with Crippen molar-refractivity contribution < 1.29 is 12.8 Å². The van der Waals surface area contributed by atoms with Gasteiger partial charge in [-0.1, -0.05) is 12.1 Å². The highest BCUT2D eigenvalue weighted by Crippen LogP contribution is 2.18. The molecule has 1 heterocycles. The van der Waals surface area contributed by atoms with E-state index in [1.807, 2.05) is 24.3 Å². The molecule has 0 aliphatic heterocycles. The fraction of sp³-hybridized carbons (Fsp3) is 0.417. The number of hydrogen-bond acceptors (Lipinski definition) is 5. The Morgan fingerprint density at radius 1 is 1.32 bits per heavy atom. The molecule has 19 heavy (non-hydrogen) atoms. The van der Waals surface area contributed by atoms with E-state index in [-0.39, 0.29) is 0 Å². The molecule has 2 N–H and O–H groups in total. The van der Waals surface area contributed by atoms with Gasteiger partial charge in [-0.05, 0) is 26.0 Å². The molecular weight excluding hydrogens is 266 g/mol. The minimum atomic E-state index is -3.25. The van der Waals surface area contributed by atoms with Crippen LogP contribution in [0.4, 0.5) is 6.01 Å². The molecule has 0 bridgehead atoms. The first-order valence-corrected chi connectivity index (χ1v) is 7.73. The van der Waals surface area contributed by atoms with Crippen LogP contribution in [0, 0.1) is 0 Å². The van der Waals surface area contributed by atoms with E-state index in [4.69, 9.17) is 4.42 Å². The van der Waals surface area contributed by atoms with Crippen molar-refractivity contribution in [2.75, 3.05) is 18.1 Å². The summed E-state index contributed by atoms with van der Waals surface area (Å²) in [7, 11) is -3.25. The number of anilines is 1. The summed E-state index contributed by atoms with van der Waals surface area (Å²) in [6.07, 6.45) is 1.13. The molecule has 0 atom stereocenters. The molecule has 104 valence electrons. The minimum absolute atomic E-state index is 0.368. The van der Waals surface area contributed by atoms with E-state index < -0.39 is 15.6 Å². The van der Waals surface area contributed by atoms with Crippen LogP contribution in [0.2, 0.25) is 0 Å². The molecule has 0 saturated heterocycles. The van der Waals surface area contributed by atoms with Gasteiger partial charge in [0.15, 0.2) is 5.58 Å². The molecule has 2 aromatic rings. The number of para-hydroxylation sites is 2. The molecule has 6 nitrogen and oxygen atoms in total. The number of aromatic nitrogens is 1. The highest BCUT2D eigenvalue weighted by atomic mass is 32.2. The van der Waals surface area contributed by atoms with E-state index >= 15 is 0 Å². The smallest absolute Gasteiger partial charge is 0.295 e. The number of benzene rings is 1. The van der Waals surface area contributed by atoms with Crippen molar-refractivity contribution >= 4 is 27.1 Å². The van der Waals surface area contributed by atoms with Crippen LogP contribution in [-0.2, 0) is 10.0 Å². The van der Waals surface area contributed by atoms with Crippen molar-refractivity contribution in [3.63, 3.8) is 0 Å². The number of nitrogens with zero attached hydrogens (tertiary/aromatic N) is 1. The Hall–Kier alpha value is -1.60. The van der Waals surface area contributed by atoms with E-state index in [9.17, 15) is 8.42 Å². The van der Waals surface area contributed by atoms with Gasteiger partial charge in [0.05, 0.1) is 6.26 Å². The van der Waals surface area contributed by atoms with Crippen molar-refractivity contribution in [3.05, 3.63) is 24.3 Å². The Kier molecular flexibility index (Phi) is 3.51. The zero-order valence-corrected chi connectivity index (χ0v) is 11.9. The number of hydrogen-bond donors (Lipinski definition) is 2. The third-order valence-corrected chi connectivity index (χ3v) is 3.36. The maximum Gasteiger partial charge on any atom is 0.295 e. The summed E-state index contributed by atoms with van der Waals surface area (Å²) in [6.45, 7) is 3.93. The third kappa shape index (κ3) is 3.93. The lowest BCUT2D eigenvalue weighted by Gasteiger charge is -2.24. The monoisotopic (exact) mass is 283 g/mol. The number of sulfonamides is 1. The van der Waals surface area contributed by atoms with Crippen LogP contribution in [0.15, 0.2) is 28.7 Å². The number of fused-ring (bicyclic) bond motifs is 1. The van der Waals surface area contributed by atoms with Gasteiger partial charge in [0.1, 0.15) is 5.52 Å². The van der Waals surface area contributed by atoms with Crippen LogP contribution in [0.5, 0.6) is 0 Å². The quantitative estimate of drug-likeness (QED) is 0.870. The van der Waals surface area contributed by atoms with Gasteiger partial charge >= 0.3 is 0 Å². The third-order valence-electron chi connectivity index (χ3n) is 2.44. The van der Waals surface area contributed by atoms with E-state index in [1.54, 1.807) is 13.8 Å². The van der Waals surface area contributed by atoms with Gasteiger partial charge in [-0.25, -0.2) is 13.1 Å². The van der Waals surface area contributed by atoms with Gasteiger partial charge in [-0.3, -0.25) is 0 Å². The van der Waals surface area contributed by atoms with Gasteiger partial charge in [0.25, 0.3) is 6.01 Å². The largest absolute Gasteiger partial charge is 0.424 e. The van der Waals surface area contributed by atoms with Crippen molar-refractivity contribution in [1.82, 2.24) is 9.71 Å². The second-order valence-electron chi connectivity index (χ2n) is 5.10. The van der Waals surface area contributed by atoms with Crippen LogP contribution in [-0.4, -0.2) is 31.7 Å². The van der Waals surface area contributed by atoms with Crippen molar-refractivity contribution in [2.45, 2.75) is 19.4 Å². The maximum absolute atomic E-state index is 11.2. The predicted octanol–water partition coefficient (Wildman–Crippen LogP) is 1.57. The zero-order valence-electron chi connectivity index (χ0n) is 11.1. The second kappa shape index (κ2) is 4.82. The lowest BCUT2D eigenvalue weighted by atomic mass is 10.1. The molecule has 0 aliphatic rings. The number of nitrogens with one attached hydrogen (secondary N) is 2. The fourth-order valence-electron chi connectivity index (χ4n) is 1.78. The van der Waals surface area contributed by atoms with E-state index in [0.29, 0.717) is 18.1 Å². The maximum atomic E-state index is 11.2. The summed E-state index contributed by atoms with van der Waals surface area (Å²) in [6, 6.07) is 7.80. The highest BCUT2D eigenvalue weighted by molar-refractivity contribution is 7.88. The molecule has 0 saturated carbocycles. The van der Waals surface area contributed by atoms with E-state index in [1.165, 1.54) is 0 Å². The summed E-state index contributed by atoms with van der Waals surface area (Å²) < 4.78 is 30.5. The standard InChI is InChI=1S/C12H17N3O3S/c1-12(2,15-19(3,16)17)8-13-11-14-9-6-4-5-7-10(9)18-11/h4-7,15H,8H2,1-3H3,(H,13,14). The summed E-state index contributed by atoms with van der Waals surface area (Å²) >= 11 is 0. The van der Waals surface area contributed by atoms with Crippen molar-refractivity contribution in [1.29, 1.82) is 0 Å². The first-order valence-electron chi connectivity index (χ1n) is 5.84. The lowest BCUT2D eigenvalue weighted by Crippen LogP contribution is -2.47. The molecule has 0 aliphatic carbocycles. The van der Waals surface area contributed by atoms with Gasteiger partial charge in [-0.2, -0.15) is 4.98 Å². The van der Waals surface area contributed by atoms with Gasteiger partial charge in [0.2, 0.25) is 10.0 Å². The Labute approximate surface area is 112 Å². The minimum Gasteiger partial charge on any atom is -0.424 e. The first kappa shape index (κ1) is 13.8. The summed E-state index contributed by atoms with van der Waals surface area (Å²) in [5.74, 6) is 0. The predicted molar refractivity (Wildman–Crippen MR) is 74.6 cm³/mol. The number of rotatable bonds is 5. The van der Waals surface area contributed by atoms with Crippen LogP contribution >= 0.6 is 0 Å². The van der Waals surface area contributed by atoms with Crippen LogP contribution in [0.1, 0.15) is 13.8 Å². The Morgan fingerprint density at radius 3 is 2.63 bits per heavy atom. The number of oxazole rings is 1. The Balaban J connectivity index is 2.05. The fourth-order valence-corrected chi connectivity index (χ4v) is 2.86. The molecule has 2 rings (SSSR count). The molecule has 0 fully saturated rings. The van der Waals surface area contributed by atoms with Crippen molar-refractivity contribution in [3.8, 4) is 0 Å². The van der Waals surface area contributed by atoms with Crippen molar-refractivity contribution in [2.24, 2.45) is 0 Å². The summed E-state index contributed by atoms with van der Waals surface area (Å²) in [5, 5.41) is 2.99. The molecule has 0 spiro atoms. The zero-order chi connectivity index (χ0) is 14.1. The van der Waals surface area contributed by atoms with Gasteiger partial charge in [-0.15, -0.1) is 0 Å². The normalized spacial score (nSPS) is 12.8. The Bertz CT molecular complexity index is 643. The van der Waals surface area contributed by atoms with E-state index in [0.717, 1.165) is 11.8 Å². The molecule has 0 radical (unpaired) electrons. The second-order valence-corrected chi connectivity index (χ2v) is 6.85. The average Bonchev–Trinajstić information content (AvgIpc) is 2.66. The SMILES string of the molecule is CC(C)(CNc1nc2ccccc2o1)NS(C)(=O)=O. The summed E-state index contributed by atoms with van der Waals surface area (Å²) in [5.41, 5.74) is 0.826. The highest BCUT2D eigenvalue weighted by Gasteiger charge is 2.22. The lowest BCUT2D eigenvalue weighted by molar-refractivity contribution is 0.469. The van der Waals surface area contributed by atoms with Gasteiger partial charge < -0.3 is 9.73 Å². The molecule has 0 unspecified atom stereocenters. The topological polar surface area (TPSA) is 84.2 Å². The summed E-state index contributed by atoms with van der Waals surface area (Å²) in [4.78, 5) is 4.26. The van der Waals surface area contributed by atoms with Gasteiger partial charge in [0, 0.05) is 12.1 Å². The van der Waals surface area contributed by atoms with Crippen LogP contribution in [0.3, 0.4) is 0 Å². The molecule has 1 aromatic heterocycles. The molecule has 0 amide bonds. The van der Waals surface area contributed by atoms with Crippen LogP contribution in [0.25, 0.3) is 11.1 Å². The van der Waals surface area contributed by atoms with Crippen LogP contribution < -0.4 is 10.0 Å². The first-order chi connectivity index (χ1) is 8.75. The molecule has 7 heteroatoms. The molecule has 1 aromatic carbocycles. The Morgan fingerprint density at radius 2 is 2.00 bits per heavy atom. The molecular formula is C12H17N3O3S. The average molecular weight is 283 g/mol. The van der Waals surface area contributed by atoms with E-state index in [2.05, 4.69) is 15.0 Å².